The SMILES string of the molecule is CCc1ccc(NC(=O)C2CC(=O)Nc3nc(-c4ccc(F)cc4)nn32)cc1. The summed E-state index contributed by atoms with van der Waals surface area (Å²) in [6, 6.07) is 12.4. The van der Waals surface area contributed by atoms with Crippen molar-refractivity contribution in [1.29, 1.82) is 0 Å². The van der Waals surface area contributed by atoms with E-state index in [2.05, 4.69) is 27.6 Å². The van der Waals surface area contributed by atoms with Crippen LogP contribution in [0.5, 0.6) is 0 Å². The summed E-state index contributed by atoms with van der Waals surface area (Å²) in [7, 11) is 0. The van der Waals surface area contributed by atoms with E-state index in [0.29, 0.717) is 17.1 Å². The number of hydrogen-bond acceptors (Lipinski definition) is 4. The number of aryl methyl sites for hydroxylation is 1. The molecule has 28 heavy (non-hydrogen) atoms. The van der Waals surface area contributed by atoms with E-state index in [0.717, 1.165) is 12.0 Å². The lowest BCUT2D eigenvalue weighted by atomic mass is 10.1. The second kappa shape index (κ2) is 7.22. The van der Waals surface area contributed by atoms with Crippen LogP contribution in [0.2, 0.25) is 0 Å². The first-order chi connectivity index (χ1) is 13.5. The second-order valence-electron chi connectivity index (χ2n) is 6.52. The van der Waals surface area contributed by atoms with E-state index in [9.17, 15) is 14.0 Å². The highest BCUT2D eigenvalue weighted by atomic mass is 19.1. The lowest BCUT2D eigenvalue weighted by Crippen LogP contribution is -2.36. The minimum atomic E-state index is -0.823. The van der Waals surface area contributed by atoms with Crippen molar-refractivity contribution in [3.8, 4) is 11.4 Å². The van der Waals surface area contributed by atoms with Crippen LogP contribution < -0.4 is 10.6 Å². The number of nitrogens with zero attached hydrogens (tertiary/aromatic N) is 3. The molecule has 0 bridgehead atoms. The standard InChI is InChI=1S/C20H18FN5O2/c1-2-12-3-9-15(10-4-12)22-19(28)16-11-17(27)23-20-24-18(25-26(16)20)13-5-7-14(21)8-6-13/h3-10,16H,2,11H2,1H3,(H,22,28)(H,23,24,25,27). The Kier molecular flexibility index (Phi) is 4.60. The molecule has 0 spiro atoms. The van der Waals surface area contributed by atoms with E-state index in [1.54, 1.807) is 12.1 Å². The molecule has 0 saturated heterocycles. The van der Waals surface area contributed by atoms with E-state index in [1.807, 2.05) is 24.3 Å². The van der Waals surface area contributed by atoms with Gasteiger partial charge in [-0.1, -0.05) is 19.1 Å². The monoisotopic (exact) mass is 379 g/mol. The Bertz CT molecular complexity index is 1030. The molecule has 2 N–H and O–H groups in total. The van der Waals surface area contributed by atoms with Gasteiger partial charge in [0.1, 0.15) is 11.9 Å². The van der Waals surface area contributed by atoms with Crippen molar-refractivity contribution < 1.29 is 14.0 Å². The van der Waals surface area contributed by atoms with E-state index < -0.39 is 6.04 Å². The highest BCUT2D eigenvalue weighted by molar-refractivity contribution is 6.00. The van der Waals surface area contributed by atoms with Crippen LogP contribution in [0.25, 0.3) is 11.4 Å². The first kappa shape index (κ1) is 17.8. The molecule has 3 aromatic rings. The van der Waals surface area contributed by atoms with Gasteiger partial charge in [0, 0.05) is 11.3 Å². The van der Waals surface area contributed by atoms with Crippen LogP contribution in [0.15, 0.2) is 48.5 Å². The second-order valence-corrected chi connectivity index (χ2v) is 6.52. The number of hydrogen-bond donors (Lipinski definition) is 2. The van der Waals surface area contributed by atoms with E-state index >= 15 is 0 Å². The minimum Gasteiger partial charge on any atom is -0.324 e. The Morgan fingerprint density at radius 3 is 2.61 bits per heavy atom. The molecule has 1 aliphatic heterocycles. The molecular weight excluding hydrogens is 361 g/mol. The van der Waals surface area contributed by atoms with Crippen molar-refractivity contribution in [2.45, 2.75) is 25.8 Å². The lowest BCUT2D eigenvalue weighted by Gasteiger charge is -2.22. The van der Waals surface area contributed by atoms with Crippen LogP contribution in [0, 0.1) is 5.82 Å². The molecule has 0 aliphatic carbocycles. The van der Waals surface area contributed by atoms with Crippen LogP contribution in [-0.2, 0) is 16.0 Å². The molecule has 1 unspecified atom stereocenters. The summed E-state index contributed by atoms with van der Waals surface area (Å²) < 4.78 is 14.5. The van der Waals surface area contributed by atoms with Gasteiger partial charge in [0.25, 0.3) is 0 Å². The molecule has 1 aromatic heterocycles. The summed E-state index contributed by atoms with van der Waals surface area (Å²) in [5, 5.41) is 9.81. The first-order valence-electron chi connectivity index (χ1n) is 8.95. The zero-order chi connectivity index (χ0) is 19.7. The number of rotatable bonds is 4. The number of benzene rings is 2. The number of carbonyl (C=O) groups is 2. The number of nitrogens with one attached hydrogen (secondary N) is 2. The Morgan fingerprint density at radius 2 is 1.93 bits per heavy atom. The molecule has 4 rings (SSSR count). The lowest BCUT2D eigenvalue weighted by molar-refractivity contribution is -0.125. The number of fused-ring (bicyclic) bond motifs is 1. The maximum atomic E-state index is 13.1. The molecule has 0 fully saturated rings. The Labute approximate surface area is 160 Å². The molecule has 2 aromatic carbocycles. The molecule has 1 aliphatic rings. The largest absolute Gasteiger partial charge is 0.324 e. The Balaban J connectivity index is 1.61. The van der Waals surface area contributed by atoms with Crippen molar-refractivity contribution in [2.24, 2.45) is 0 Å². The summed E-state index contributed by atoms with van der Waals surface area (Å²) in [6.45, 7) is 2.05. The molecule has 0 saturated carbocycles. The van der Waals surface area contributed by atoms with Crippen molar-refractivity contribution in [1.82, 2.24) is 14.8 Å². The fourth-order valence-corrected chi connectivity index (χ4v) is 3.04. The van der Waals surface area contributed by atoms with Crippen LogP contribution >= 0.6 is 0 Å². The predicted octanol–water partition coefficient (Wildman–Crippen LogP) is 3.17. The first-order valence-corrected chi connectivity index (χ1v) is 8.95. The fraction of sp³-hybridized carbons (Fsp3) is 0.200. The number of anilines is 2. The molecular formula is C20H18FN5O2. The van der Waals surface area contributed by atoms with Crippen LogP contribution in [0.4, 0.5) is 16.0 Å². The van der Waals surface area contributed by atoms with E-state index in [-0.39, 0.29) is 30.0 Å². The average Bonchev–Trinajstić information content (AvgIpc) is 3.12. The van der Waals surface area contributed by atoms with Crippen LogP contribution in [0.3, 0.4) is 0 Å². The summed E-state index contributed by atoms with van der Waals surface area (Å²) in [6.07, 6.45) is 0.865. The molecule has 7 nitrogen and oxygen atoms in total. The number of carbonyl (C=O) groups excluding carboxylic acids is 2. The summed E-state index contributed by atoms with van der Waals surface area (Å²) in [4.78, 5) is 29.1. The molecule has 8 heteroatoms. The average molecular weight is 379 g/mol. The van der Waals surface area contributed by atoms with Gasteiger partial charge in [0.15, 0.2) is 5.82 Å². The fourth-order valence-electron chi connectivity index (χ4n) is 3.04. The normalized spacial score (nSPS) is 15.6. The maximum Gasteiger partial charge on any atom is 0.249 e. The van der Waals surface area contributed by atoms with Crippen molar-refractivity contribution in [2.75, 3.05) is 10.6 Å². The smallest absolute Gasteiger partial charge is 0.249 e. The summed E-state index contributed by atoms with van der Waals surface area (Å²) in [5.41, 5.74) is 2.40. The van der Waals surface area contributed by atoms with E-state index in [4.69, 9.17) is 0 Å². The minimum absolute atomic E-state index is 0.0436. The molecule has 2 heterocycles. The highest BCUT2D eigenvalue weighted by Crippen LogP contribution is 2.27. The maximum absolute atomic E-state index is 13.1. The van der Waals surface area contributed by atoms with Gasteiger partial charge >= 0.3 is 0 Å². The zero-order valence-electron chi connectivity index (χ0n) is 15.1. The highest BCUT2D eigenvalue weighted by Gasteiger charge is 2.33. The van der Waals surface area contributed by atoms with Gasteiger partial charge < -0.3 is 5.32 Å². The summed E-state index contributed by atoms with van der Waals surface area (Å²) >= 11 is 0. The van der Waals surface area contributed by atoms with Crippen LogP contribution in [0.1, 0.15) is 24.9 Å². The van der Waals surface area contributed by atoms with Crippen molar-refractivity contribution in [3.05, 3.63) is 59.9 Å². The number of amides is 2. The van der Waals surface area contributed by atoms with Crippen molar-refractivity contribution in [3.63, 3.8) is 0 Å². The van der Waals surface area contributed by atoms with Gasteiger partial charge in [0.05, 0.1) is 6.42 Å². The van der Waals surface area contributed by atoms with Gasteiger partial charge in [0.2, 0.25) is 17.8 Å². The summed E-state index contributed by atoms with van der Waals surface area (Å²) in [5.74, 6) is -0.533. The number of aromatic nitrogens is 3. The third-order valence-electron chi connectivity index (χ3n) is 4.59. The third-order valence-corrected chi connectivity index (χ3v) is 4.59. The Morgan fingerprint density at radius 1 is 1.21 bits per heavy atom. The van der Waals surface area contributed by atoms with Gasteiger partial charge in [-0.25, -0.2) is 9.07 Å². The molecule has 2 amide bonds. The quantitative estimate of drug-likeness (QED) is 0.729. The number of halogens is 1. The van der Waals surface area contributed by atoms with Gasteiger partial charge in [-0.15, -0.1) is 5.10 Å². The topological polar surface area (TPSA) is 88.9 Å². The van der Waals surface area contributed by atoms with Gasteiger partial charge in [-0.2, -0.15) is 4.98 Å². The van der Waals surface area contributed by atoms with Gasteiger partial charge in [-0.3, -0.25) is 14.9 Å². The van der Waals surface area contributed by atoms with Crippen LogP contribution in [-0.4, -0.2) is 26.6 Å². The molecule has 1 atom stereocenters. The third kappa shape index (κ3) is 3.48. The van der Waals surface area contributed by atoms with Crippen molar-refractivity contribution >= 4 is 23.5 Å². The molecule has 0 radical (unpaired) electrons. The van der Waals surface area contributed by atoms with E-state index in [1.165, 1.54) is 16.8 Å². The molecule has 142 valence electrons. The predicted molar refractivity (Wildman–Crippen MR) is 102 cm³/mol. The zero-order valence-corrected chi connectivity index (χ0v) is 15.1. The Hall–Kier alpha value is -3.55. The van der Waals surface area contributed by atoms with Gasteiger partial charge in [-0.05, 0) is 48.4 Å².